The van der Waals surface area contributed by atoms with Gasteiger partial charge < -0.3 is 14.9 Å². The fraction of sp³-hybridized carbons (Fsp3) is 0.875. The first-order chi connectivity index (χ1) is 5.35. The van der Waals surface area contributed by atoms with Crippen LogP contribution in [0.3, 0.4) is 0 Å². The Bertz CT molecular complexity index is 148. The monoisotopic (exact) mass is 176 g/mol. The Kier molecular flexibility index (Phi) is 4.20. The van der Waals surface area contributed by atoms with E-state index in [0.29, 0.717) is 0 Å². The lowest BCUT2D eigenvalue weighted by Crippen LogP contribution is -2.27. The van der Waals surface area contributed by atoms with E-state index in [1.54, 1.807) is 20.8 Å². The third-order valence-corrected chi connectivity index (χ3v) is 1.03. The van der Waals surface area contributed by atoms with Crippen molar-refractivity contribution in [3.8, 4) is 0 Å². The minimum Gasteiger partial charge on any atom is -0.460 e. The highest BCUT2D eigenvalue weighted by Crippen LogP contribution is 2.08. The lowest BCUT2D eigenvalue weighted by atomic mass is 10.2. The zero-order valence-corrected chi connectivity index (χ0v) is 7.70. The van der Waals surface area contributed by atoms with Crippen molar-refractivity contribution in [3.05, 3.63) is 0 Å². The molecular formula is C8H16O4. The van der Waals surface area contributed by atoms with Gasteiger partial charge in [-0.05, 0) is 20.8 Å². The molecule has 0 aliphatic rings. The third-order valence-electron chi connectivity index (χ3n) is 1.03. The zero-order chi connectivity index (χ0) is 9.78. The van der Waals surface area contributed by atoms with E-state index >= 15 is 0 Å². The minimum atomic E-state index is -1.01. The average Bonchev–Trinajstić information content (AvgIpc) is 1.82. The van der Waals surface area contributed by atoms with Crippen LogP contribution in [0.4, 0.5) is 0 Å². The predicted octanol–water partition coefficient (Wildman–Crippen LogP) is 0.0714. The molecule has 72 valence electrons. The topological polar surface area (TPSA) is 66.8 Å². The van der Waals surface area contributed by atoms with Crippen molar-refractivity contribution in [3.63, 3.8) is 0 Å². The second kappa shape index (κ2) is 4.42. The highest BCUT2D eigenvalue weighted by atomic mass is 16.6. The van der Waals surface area contributed by atoms with Gasteiger partial charge in [0, 0.05) is 0 Å². The molecule has 0 aromatic rings. The van der Waals surface area contributed by atoms with Crippen LogP contribution in [0.2, 0.25) is 0 Å². The van der Waals surface area contributed by atoms with Gasteiger partial charge in [-0.2, -0.15) is 0 Å². The molecule has 2 N–H and O–H groups in total. The van der Waals surface area contributed by atoms with Crippen LogP contribution in [-0.4, -0.2) is 34.5 Å². The molecule has 0 bridgehead atoms. The van der Waals surface area contributed by atoms with E-state index in [1.165, 1.54) is 0 Å². The van der Waals surface area contributed by atoms with Crippen LogP contribution in [-0.2, 0) is 9.53 Å². The SMILES string of the molecule is CC(C)(C)OC(=O)CC(O)CO. The Balaban J connectivity index is 3.75. The molecule has 0 rings (SSSR count). The quantitative estimate of drug-likeness (QED) is 0.597. The van der Waals surface area contributed by atoms with Crippen LogP contribution < -0.4 is 0 Å². The first-order valence-corrected chi connectivity index (χ1v) is 3.86. The summed E-state index contributed by atoms with van der Waals surface area (Å²) >= 11 is 0. The van der Waals surface area contributed by atoms with Gasteiger partial charge in [-0.15, -0.1) is 0 Å². The number of ether oxygens (including phenoxy) is 1. The fourth-order valence-corrected chi connectivity index (χ4v) is 0.640. The van der Waals surface area contributed by atoms with Crippen molar-refractivity contribution < 1.29 is 19.7 Å². The van der Waals surface area contributed by atoms with Crippen molar-refractivity contribution in [1.29, 1.82) is 0 Å². The van der Waals surface area contributed by atoms with Gasteiger partial charge in [0.1, 0.15) is 5.60 Å². The van der Waals surface area contributed by atoms with E-state index in [9.17, 15) is 4.79 Å². The van der Waals surface area contributed by atoms with E-state index in [4.69, 9.17) is 14.9 Å². The van der Waals surface area contributed by atoms with Crippen LogP contribution in [0.25, 0.3) is 0 Å². The van der Waals surface area contributed by atoms with Crippen molar-refractivity contribution >= 4 is 5.97 Å². The molecule has 0 aromatic carbocycles. The summed E-state index contributed by atoms with van der Waals surface area (Å²) in [6.45, 7) is 4.82. The first kappa shape index (κ1) is 11.4. The Morgan fingerprint density at radius 3 is 2.33 bits per heavy atom. The largest absolute Gasteiger partial charge is 0.460 e. The smallest absolute Gasteiger partial charge is 0.309 e. The van der Waals surface area contributed by atoms with Gasteiger partial charge in [0.2, 0.25) is 0 Å². The van der Waals surface area contributed by atoms with E-state index in [0.717, 1.165) is 0 Å². The molecule has 0 aromatic heterocycles. The molecule has 0 heterocycles. The number of rotatable bonds is 3. The van der Waals surface area contributed by atoms with Gasteiger partial charge in [0.05, 0.1) is 19.1 Å². The van der Waals surface area contributed by atoms with Gasteiger partial charge in [-0.25, -0.2) is 0 Å². The van der Waals surface area contributed by atoms with Crippen LogP contribution in [0.15, 0.2) is 0 Å². The number of carbonyl (C=O) groups excluding carboxylic acids is 1. The number of hydrogen-bond acceptors (Lipinski definition) is 4. The molecule has 1 unspecified atom stereocenters. The van der Waals surface area contributed by atoms with Crippen molar-refractivity contribution in [2.45, 2.75) is 38.9 Å². The molecule has 0 fully saturated rings. The van der Waals surface area contributed by atoms with Gasteiger partial charge in [0.15, 0.2) is 0 Å². The zero-order valence-electron chi connectivity index (χ0n) is 7.70. The van der Waals surface area contributed by atoms with Crippen LogP contribution in [0.5, 0.6) is 0 Å². The standard InChI is InChI=1S/C8H16O4/c1-8(2,3)12-7(11)4-6(10)5-9/h6,9-10H,4-5H2,1-3H3. The van der Waals surface area contributed by atoms with Crippen molar-refractivity contribution in [2.75, 3.05) is 6.61 Å². The second-order valence-electron chi connectivity index (χ2n) is 3.63. The van der Waals surface area contributed by atoms with E-state index < -0.39 is 24.3 Å². The fourth-order valence-electron chi connectivity index (χ4n) is 0.640. The molecule has 0 aliphatic heterocycles. The van der Waals surface area contributed by atoms with Crippen molar-refractivity contribution in [2.24, 2.45) is 0 Å². The third kappa shape index (κ3) is 6.12. The molecule has 0 aliphatic carbocycles. The van der Waals surface area contributed by atoms with Gasteiger partial charge in [0.25, 0.3) is 0 Å². The summed E-state index contributed by atoms with van der Waals surface area (Å²) in [6, 6.07) is 0. The Hall–Kier alpha value is -0.610. The number of aliphatic hydroxyl groups excluding tert-OH is 2. The normalized spacial score (nSPS) is 14.1. The molecule has 0 spiro atoms. The molecule has 4 nitrogen and oxygen atoms in total. The molecule has 0 radical (unpaired) electrons. The van der Waals surface area contributed by atoms with Gasteiger partial charge in [-0.3, -0.25) is 4.79 Å². The molecular weight excluding hydrogens is 160 g/mol. The lowest BCUT2D eigenvalue weighted by molar-refractivity contribution is -0.157. The number of carbonyl (C=O) groups is 1. The number of aliphatic hydroxyl groups is 2. The number of esters is 1. The summed E-state index contributed by atoms with van der Waals surface area (Å²) < 4.78 is 4.90. The molecule has 12 heavy (non-hydrogen) atoms. The Morgan fingerprint density at radius 2 is 2.00 bits per heavy atom. The van der Waals surface area contributed by atoms with E-state index in [2.05, 4.69) is 0 Å². The second-order valence-corrected chi connectivity index (χ2v) is 3.63. The van der Waals surface area contributed by atoms with Crippen LogP contribution in [0.1, 0.15) is 27.2 Å². The van der Waals surface area contributed by atoms with Crippen LogP contribution >= 0.6 is 0 Å². The maximum Gasteiger partial charge on any atom is 0.309 e. The highest BCUT2D eigenvalue weighted by molar-refractivity contribution is 5.70. The Morgan fingerprint density at radius 1 is 1.50 bits per heavy atom. The summed E-state index contributed by atoms with van der Waals surface area (Å²) in [5.74, 6) is -0.496. The summed E-state index contributed by atoms with van der Waals surface area (Å²) in [4.78, 5) is 10.9. The van der Waals surface area contributed by atoms with Crippen LogP contribution in [0, 0.1) is 0 Å². The van der Waals surface area contributed by atoms with E-state index in [-0.39, 0.29) is 6.42 Å². The van der Waals surface area contributed by atoms with Crippen molar-refractivity contribution in [1.82, 2.24) is 0 Å². The molecule has 0 saturated heterocycles. The van der Waals surface area contributed by atoms with E-state index in [1.807, 2.05) is 0 Å². The van der Waals surface area contributed by atoms with Gasteiger partial charge in [-0.1, -0.05) is 0 Å². The maximum absolute atomic E-state index is 10.9. The predicted molar refractivity (Wildman–Crippen MR) is 43.6 cm³/mol. The Labute approximate surface area is 72.2 Å². The lowest BCUT2D eigenvalue weighted by Gasteiger charge is -2.20. The molecule has 1 atom stereocenters. The maximum atomic E-state index is 10.9. The average molecular weight is 176 g/mol. The summed E-state index contributed by atoms with van der Waals surface area (Å²) in [7, 11) is 0. The van der Waals surface area contributed by atoms with Gasteiger partial charge >= 0.3 is 5.97 Å². The minimum absolute atomic E-state index is 0.159. The summed E-state index contributed by atoms with van der Waals surface area (Å²) in [5, 5.41) is 17.3. The summed E-state index contributed by atoms with van der Waals surface area (Å²) in [6.07, 6.45) is -1.17. The molecule has 0 amide bonds. The molecule has 4 heteroatoms. The first-order valence-electron chi connectivity index (χ1n) is 3.86. The highest BCUT2D eigenvalue weighted by Gasteiger charge is 2.18. The summed E-state index contributed by atoms with van der Waals surface area (Å²) in [5.41, 5.74) is -0.535. The molecule has 0 saturated carbocycles. The number of hydrogen-bond donors (Lipinski definition) is 2.